The minimum Gasteiger partial charge on any atom is -0.377 e. The fraction of sp³-hybridized carbons (Fsp3) is 0.467. The number of carbonyl (C=O) groups is 1. The number of benzene rings is 1. The standard InChI is InChI=1S/C15H18N2O2/c1-11-4-5-13(6-12(11)2)7-17(3)14(18)15(8-16)9-19-10-15/h4-6H,7,9-10H2,1-3H3. The largest absolute Gasteiger partial charge is 0.377 e. The van der Waals surface area contributed by atoms with Crippen LogP contribution in [0.25, 0.3) is 0 Å². The van der Waals surface area contributed by atoms with Gasteiger partial charge in [-0.1, -0.05) is 18.2 Å². The van der Waals surface area contributed by atoms with E-state index in [4.69, 9.17) is 10.00 Å². The highest BCUT2D eigenvalue weighted by Gasteiger charge is 2.48. The maximum absolute atomic E-state index is 12.3. The van der Waals surface area contributed by atoms with Gasteiger partial charge in [-0.15, -0.1) is 0 Å². The minimum atomic E-state index is -0.964. The average Bonchev–Trinajstić information content (AvgIpc) is 2.33. The Morgan fingerprint density at radius 1 is 1.42 bits per heavy atom. The van der Waals surface area contributed by atoms with E-state index >= 15 is 0 Å². The molecule has 19 heavy (non-hydrogen) atoms. The third-order valence-corrected chi connectivity index (χ3v) is 3.66. The van der Waals surface area contributed by atoms with E-state index in [1.54, 1.807) is 11.9 Å². The van der Waals surface area contributed by atoms with Crippen molar-refractivity contribution < 1.29 is 9.53 Å². The average molecular weight is 258 g/mol. The SMILES string of the molecule is Cc1ccc(CN(C)C(=O)C2(C#N)COC2)cc1C. The lowest BCUT2D eigenvalue weighted by molar-refractivity contribution is -0.160. The zero-order valence-corrected chi connectivity index (χ0v) is 11.6. The van der Waals surface area contributed by atoms with Crippen LogP contribution in [0.5, 0.6) is 0 Å². The van der Waals surface area contributed by atoms with Gasteiger partial charge in [0.1, 0.15) is 0 Å². The van der Waals surface area contributed by atoms with Crippen molar-refractivity contribution in [2.75, 3.05) is 20.3 Å². The van der Waals surface area contributed by atoms with Crippen LogP contribution in [0.4, 0.5) is 0 Å². The molecule has 4 heteroatoms. The van der Waals surface area contributed by atoms with Gasteiger partial charge >= 0.3 is 0 Å². The van der Waals surface area contributed by atoms with E-state index in [-0.39, 0.29) is 19.1 Å². The smallest absolute Gasteiger partial charge is 0.247 e. The third kappa shape index (κ3) is 2.47. The van der Waals surface area contributed by atoms with Crippen molar-refractivity contribution in [3.8, 4) is 6.07 Å². The molecule has 0 saturated carbocycles. The summed E-state index contributed by atoms with van der Waals surface area (Å²) in [6.07, 6.45) is 0. The van der Waals surface area contributed by atoms with Gasteiger partial charge in [-0.05, 0) is 30.5 Å². The molecule has 0 unspecified atom stereocenters. The Morgan fingerprint density at radius 2 is 2.11 bits per heavy atom. The second-order valence-corrected chi connectivity index (χ2v) is 5.27. The highest BCUT2D eigenvalue weighted by molar-refractivity contribution is 5.86. The summed E-state index contributed by atoms with van der Waals surface area (Å²) in [7, 11) is 1.73. The van der Waals surface area contributed by atoms with Crippen molar-refractivity contribution >= 4 is 5.91 Å². The van der Waals surface area contributed by atoms with Crippen molar-refractivity contribution in [2.24, 2.45) is 5.41 Å². The lowest BCUT2D eigenvalue weighted by Gasteiger charge is -2.36. The van der Waals surface area contributed by atoms with Gasteiger partial charge in [-0.3, -0.25) is 4.79 Å². The van der Waals surface area contributed by atoms with Gasteiger partial charge in [-0.2, -0.15) is 5.26 Å². The fourth-order valence-electron chi connectivity index (χ4n) is 2.15. The van der Waals surface area contributed by atoms with E-state index in [0.29, 0.717) is 6.54 Å². The van der Waals surface area contributed by atoms with Crippen molar-refractivity contribution in [1.29, 1.82) is 5.26 Å². The Balaban J connectivity index is 2.08. The Kier molecular flexibility index (Phi) is 3.59. The number of hydrogen-bond acceptors (Lipinski definition) is 3. The predicted octanol–water partition coefficient (Wildman–Crippen LogP) is 1.80. The number of nitriles is 1. The molecule has 0 bridgehead atoms. The minimum absolute atomic E-state index is 0.153. The van der Waals surface area contributed by atoms with Crippen LogP contribution < -0.4 is 0 Å². The van der Waals surface area contributed by atoms with E-state index in [9.17, 15) is 4.79 Å². The Hall–Kier alpha value is -1.86. The summed E-state index contributed by atoms with van der Waals surface area (Å²) in [6.45, 7) is 5.05. The zero-order chi connectivity index (χ0) is 14.0. The summed E-state index contributed by atoms with van der Waals surface area (Å²) < 4.78 is 5.02. The third-order valence-electron chi connectivity index (χ3n) is 3.66. The van der Waals surface area contributed by atoms with Crippen LogP contribution >= 0.6 is 0 Å². The summed E-state index contributed by atoms with van der Waals surface area (Å²) in [4.78, 5) is 13.9. The molecule has 0 aliphatic carbocycles. The first-order valence-electron chi connectivity index (χ1n) is 6.29. The molecule has 2 rings (SSSR count). The summed E-state index contributed by atoms with van der Waals surface area (Å²) >= 11 is 0. The monoisotopic (exact) mass is 258 g/mol. The number of nitrogens with zero attached hydrogens (tertiary/aromatic N) is 2. The molecule has 100 valence electrons. The van der Waals surface area contributed by atoms with Crippen LogP contribution in [0.3, 0.4) is 0 Å². The van der Waals surface area contributed by atoms with Crippen LogP contribution in [0.1, 0.15) is 16.7 Å². The quantitative estimate of drug-likeness (QED) is 0.830. The normalized spacial score (nSPS) is 16.3. The molecular weight excluding hydrogens is 240 g/mol. The molecule has 0 atom stereocenters. The Bertz CT molecular complexity index is 542. The molecule has 0 radical (unpaired) electrons. The highest BCUT2D eigenvalue weighted by atomic mass is 16.5. The molecule has 0 aromatic heterocycles. The fourth-order valence-corrected chi connectivity index (χ4v) is 2.15. The van der Waals surface area contributed by atoms with Crippen LogP contribution in [0.15, 0.2) is 18.2 Å². The molecule has 1 aliphatic heterocycles. The molecule has 0 N–H and O–H groups in total. The second kappa shape index (κ2) is 5.02. The molecule has 1 saturated heterocycles. The molecule has 1 heterocycles. The van der Waals surface area contributed by atoms with Crippen LogP contribution in [0, 0.1) is 30.6 Å². The summed E-state index contributed by atoms with van der Waals surface area (Å²) in [6, 6.07) is 8.23. The highest BCUT2D eigenvalue weighted by Crippen LogP contribution is 2.29. The van der Waals surface area contributed by atoms with E-state index in [0.717, 1.165) is 5.56 Å². The maximum Gasteiger partial charge on any atom is 0.247 e. The van der Waals surface area contributed by atoms with Gasteiger partial charge in [0, 0.05) is 13.6 Å². The van der Waals surface area contributed by atoms with Gasteiger partial charge in [0.25, 0.3) is 0 Å². The Labute approximate surface area is 113 Å². The van der Waals surface area contributed by atoms with Crippen LogP contribution in [-0.4, -0.2) is 31.1 Å². The van der Waals surface area contributed by atoms with Crippen molar-refractivity contribution in [2.45, 2.75) is 20.4 Å². The van der Waals surface area contributed by atoms with Gasteiger partial charge in [0.05, 0.1) is 19.3 Å². The molecule has 1 aromatic carbocycles. The number of ether oxygens (including phenoxy) is 1. The van der Waals surface area contributed by atoms with Gasteiger partial charge < -0.3 is 9.64 Å². The molecule has 0 spiro atoms. The maximum atomic E-state index is 12.3. The number of aryl methyl sites for hydroxylation is 2. The molecular formula is C15H18N2O2. The van der Waals surface area contributed by atoms with Crippen LogP contribution in [0.2, 0.25) is 0 Å². The van der Waals surface area contributed by atoms with E-state index < -0.39 is 5.41 Å². The topological polar surface area (TPSA) is 53.3 Å². The summed E-state index contributed by atoms with van der Waals surface area (Å²) in [5.41, 5.74) is 2.56. The van der Waals surface area contributed by atoms with Crippen molar-refractivity contribution in [3.05, 3.63) is 34.9 Å². The second-order valence-electron chi connectivity index (χ2n) is 5.27. The predicted molar refractivity (Wildman–Crippen MR) is 71.3 cm³/mol. The number of hydrogen-bond donors (Lipinski definition) is 0. The first kappa shape index (κ1) is 13.6. The molecule has 1 fully saturated rings. The van der Waals surface area contributed by atoms with Gasteiger partial charge in [-0.25, -0.2) is 0 Å². The van der Waals surface area contributed by atoms with Gasteiger partial charge in [0.15, 0.2) is 5.41 Å². The van der Waals surface area contributed by atoms with E-state index in [1.807, 2.05) is 6.07 Å². The van der Waals surface area contributed by atoms with Crippen molar-refractivity contribution in [3.63, 3.8) is 0 Å². The Morgan fingerprint density at radius 3 is 2.58 bits per heavy atom. The summed E-state index contributed by atoms with van der Waals surface area (Å²) in [5.74, 6) is -0.153. The molecule has 1 amide bonds. The van der Waals surface area contributed by atoms with Crippen molar-refractivity contribution in [1.82, 2.24) is 4.90 Å². The van der Waals surface area contributed by atoms with Crippen LogP contribution in [-0.2, 0) is 16.1 Å². The lowest BCUT2D eigenvalue weighted by Crippen LogP contribution is -2.53. The van der Waals surface area contributed by atoms with Gasteiger partial charge in [0.2, 0.25) is 5.91 Å². The first-order chi connectivity index (χ1) is 8.98. The van der Waals surface area contributed by atoms with E-state index in [1.165, 1.54) is 11.1 Å². The molecule has 4 nitrogen and oxygen atoms in total. The molecule has 1 aromatic rings. The lowest BCUT2D eigenvalue weighted by atomic mass is 9.86. The summed E-state index contributed by atoms with van der Waals surface area (Å²) in [5, 5.41) is 9.12. The van der Waals surface area contributed by atoms with E-state index in [2.05, 4.69) is 32.0 Å². The number of amides is 1. The first-order valence-corrected chi connectivity index (χ1v) is 6.29. The number of rotatable bonds is 3. The molecule has 1 aliphatic rings. The zero-order valence-electron chi connectivity index (χ0n) is 11.6. The number of carbonyl (C=O) groups excluding carboxylic acids is 1.